The van der Waals surface area contributed by atoms with Gasteiger partial charge >= 0.3 is 0 Å². The lowest BCUT2D eigenvalue weighted by Crippen LogP contribution is -2.32. The Bertz CT molecular complexity index is 923. The molecule has 0 spiro atoms. The summed E-state index contributed by atoms with van der Waals surface area (Å²) in [6, 6.07) is 10.8. The summed E-state index contributed by atoms with van der Waals surface area (Å²) >= 11 is 12.0. The molecule has 150 valence electrons. The number of para-hydroxylation sites is 1. The third-order valence-electron chi connectivity index (χ3n) is 4.41. The lowest BCUT2D eigenvalue weighted by molar-refractivity contribution is -0.118. The summed E-state index contributed by atoms with van der Waals surface area (Å²) in [7, 11) is -3.56. The zero-order valence-electron chi connectivity index (χ0n) is 15.0. The molecule has 1 amide bonds. The molecule has 1 aliphatic rings. The van der Waals surface area contributed by atoms with Gasteiger partial charge in [0.2, 0.25) is 10.0 Å². The van der Waals surface area contributed by atoms with Gasteiger partial charge in [0.25, 0.3) is 5.91 Å². The van der Waals surface area contributed by atoms with Gasteiger partial charge in [-0.1, -0.05) is 42.1 Å². The normalized spacial score (nSPS) is 14.8. The number of anilines is 1. The van der Waals surface area contributed by atoms with Crippen molar-refractivity contribution >= 4 is 44.8 Å². The van der Waals surface area contributed by atoms with Crippen LogP contribution in [0, 0.1) is 0 Å². The quantitative estimate of drug-likeness (QED) is 0.671. The zero-order chi connectivity index (χ0) is 20.1. The molecule has 1 aliphatic carbocycles. The molecule has 0 heterocycles. The van der Waals surface area contributed by atoms with E-state index in [1.165, 1.54) is 24.3 Å². The molecule has 1 fully saturated rings. The van der Waals surface area contributed by atoms with Crippen LogP contribution in [0.25, 0.3) is 0 Å². The van der Waals surface area contributed by atoms with Crippen molar-refractivity contribution in [2.45, 2.75) is 36.6 Å². The van der Waals surface area contributed by atoms with Crippen molar-refractivity contribution < 1.29 is 17.9 Å². The SMILES string of the molecule is O=C(COc1ccc(S(=O)(=O)NC2CCCC2)cc1)Nc1c(Cl)cccc1Cl. The van der Waals surface area contributed by atoms with Gasteiger partial charge in [-0.15, -0.1) is 0 Å². The van der Waals surface area contributed by atoms with Gasteiger partial charge in [0, 0.05) is 6.04 Å². The van der Waals surface area contributed by atoms with Crippen LogP contribution in [0.2, 0.25) is 10.0 Å². The van der Waals surface area contributed by atoms with E-state index >= 15 is 0 Å². The fraction of sp³-hybridized carbons (Fsp3) is 0.316. The van der Waals surface area contributed by atoms with Crippen LogP contribution in [0.4, 0.5) is 5.69 Å². The number of carbonyl (C=O) groups excluding carboxylic acids is 1. The van der Waals surface area contributed by atoms with Crippen LogP contribution >= 0.6 is 23.2 Å². The lowest BCUT2D eigenvalue weighted by atomic mass is 10.3. The number of halogens is 2. The standard InChI is InChI=1S/C19H20Cl2N2O4S/c20-16-6-3-7-17(21)19(16)22-18(24)12-27-14-8-10-15(11-9-14)28(25,26)23-13-4-1-2-5-13/h3,6-11,13,23H,1-2,4-5,12H2,(H,22,24). The van der Waals surface area contributed by atoms with E-state index in [1.54, 1.807) is 18.2 Å². The van der Waals surface area contributed by atoms with Crippen molar-refractivity contribution in [1.82, 2.24) is 4.72 Å². The first-order valence-electron chi connectivity index (χ1n) is 8.84. The molecular formula is C19H20Cl2N2O4S. The molecule has 2 aromatic carbocycles. The topological polar surface area (TPSA) is 84.5 Å². The summed E-state index contributed by atoms with van der Waals surface area (Å²) in [6.07, 6.45) is 3.82. The maximum atomic E-state index is 12.4. The Balaban J connectivity index is 1.56. The molecule has 0 atom stereocenters. The molecule has 0 saturated heterocycles. The predicted octanol–water partition coefficient (Wildman–Crippen LogP) is 4.23. The Kier molecular flexibility index (Phi) is 6.82. The second-order valence-corrected chi connectivity index (χ2v) is 9.04. The number of ether oxygens (including phenoxy) is 1. The van der Waals surface area contributed by atoms with Gasteiger partial charge < -0.3 is 10.1 Å². The predicted molar refractivity (Wildman–Crippen MR) is 110 cm³/mol. The van der Waals surface area contributed by atoms with Crippen molar-refractivity contribution in [2.24, 2.45) is 0 Å². The molecule has 0 radical (unpaired) electrons. The zero-order valence-corrected chi connectivity index (χ0v) is 17.3. The van der Waals surface area contributed by atoms with E-state index < -0.39 is 15.9 Å². The van der Waals surface area contributed by atoms with Gasteiger partial charge in [-0.25, -0.2) is 13.1 Å². The molecule has 6 nitrogen and oxygen atoms in total. The summed E-state index contributed by atoms with van der Waals surface area (Å²) < 4.78 is 32.9. The van der Waals surface area contributed by atoms with E-state index in [1.807, 2.05) is 0 Å². The van der Waals surface area contributed by atoms with Crippen LogP contribution in [0.15, 0.2) is 47.4 Å². The lowest BCUT2D eigenvalue weighted by Gasteiger charge is -2.13. The largest absolute Gasteiger partial charge is 0.484 e. The summed E-state index contributed by atoms with van der Waals surface area (Å²) in [4.78, 5) is 12.2. The van der Waals surface area contributed by atoms with Crippen molar-refractivity contribution in [3.05, 3.63) is 52.5 Å². The maximum Gasteiger partial charge on any atom is 0.262 e. The molecule has 2 N–H and O–H groups in total. The van der Waals surface area contributed by atoms with Gasteiger partial charge in [0.05, 0.1) is 20.6 Å². The van der Waals surface area contributed by atoms with E-state index in [9.17, 15) is 13.2 Å². The molecule has 2 aromatic rings. The van der Waals surface area contributed by atoms with E-state index in [4.69, 9.17) is 27.9 Å². The molecule has 0 aromatic heterocycles. The molecule has 9 heteroatoms. The third kappa shape index (κ3) is 5.38. The van der Waals surface area contributed by atoms with Crippen LogP contribution in [-0.4, -0.2) is 27.0 Å². The first-order valence-corrected chi connectivity index (χ1v) is 11.1. The smallest absolute Gasteiger partial charge is 0.262 e. The summed E-state index contributed by atoms with van der Waals surface area (Å²) in [6.45, 7) is -0.270. The minimum absolute atomic E-state index is 0.00116. The van der Waals surface area contributed by atoms with Crippen molar-refractivity contribution in [3.8, 4) is 5.75 Å². The van der Waals surface area contributed by atoms with Gasteiger partial charge in [-0.2, -0.15) is 0 Å². The fourth-order valence-electron chi connectivity index (χ4n) is 2.99. The number of benzene rings is 2. The van der Waals surface area contributed by atoms with Gasteiger partial charge in [0.1, 0.15) is 5.75 Å². The van der Waals surface area contributed by atoms with Crippen LogP contribution in [0.3, 0.4) is 0 Å². The number of hydrogen-bond donors (Lipinski definition) is 2. The molecule has 28 heavy (non-hydrogen) atoms. The van der Waals surface area contributed by atoms with Crippen LogP contribution in [-0.2, 0) is 14.8 Å². The maximum absolute atomic E-state index is 12.4. The van der Waals surface area contributed by atoms with Gasteiger partial charge in [-0.05, 0) is 49.2 Å². The number of amides is 1. The van der Waals surface area contributed by atoms with Crippen LogP contribution < -0.4 is 14.8 Å². The average Bonchev–Trinajstić information content (AvgIpc) is 3.16. The molecule has 0 bridgehead atoms. The highest BCUT2D eigenvalue weighted by Gasteiger charge is 2.22. The highest BCUT2D eigenvalue weighted by molar-refractivity contribution is 7.89. The highest BCUT2D eigenvalue weighted by atomic mass is 35.5. The summed E-state index contributed by atoms with van der Waals surface area (Å²) in [5.41, 5.74) is 0.318. The molecular weight excluding hydrogens is 423 g/mol. The molecule has 0 aliphatic heterocycles. The van der Waals surface area contributed by atoms with Gasteiger partial charge in [-0.3, -0.25) is 4.79 Å². The van der Waals surface area contributed by atoms with E-state index in [0.717, 1.165) is 25.7 Å². The van der Waals surface area contributed by atoms with Crippen molar-refractivity contribution in [1.29, 1.82) is 0 Å². The monoisotopic (exact) mass is 442 g/mol. The molecule has 1 saturated carbocycles. The second kappa shape index (κ2) is 9.13. The van der Waals surface area contributed by atoms with Crippen molar-refractivity contribution in [2.75, 3.05) is 11.9 Å². The van der Waals surface area contributed by atoms with E-state index in [0.29, 0.717) is 21.5 Å². The first kappa shape index (κ1) is 20.9. The average molecular weight is 443 g/mol. The van der Waals surface area contributed by atoms with Crippen LogP contribution in [0.1, 0.15) is 25.7 Å². The minimum atomic E-state index is -3.56. The minimum Gasteiger partial charge on any atom is -0.484 e. The third-order valence-corrected chi connectivity index (χ3v) is 6.57. The summed E-state index contributed by atoms with van der Waals surface area (Å²) in [5, 5.41) is 3.24. The Morgan fingerprint density at radius 1 is 1.04 bits per heavy atom. The van der Waals surface area contributed by atoms with E-state index in [2.05, 4.69) is 10.0 Å². The van der Waals surface area contributed by atoms with Crippen LogP contribution in [0.5, 0.6) is 5.75 Å². The van der Waals surface area contributed by atoms with E-state index in [-0.39, 0.29) is 17.5 Å². The molecule has 0 unspecified atom stereocenters. The molecule has 3 rings (SSSR count). The Hall–Kier alpha value is -1.80. The Labute approximate surface area is 174 Å². The van der Waals surface area contributed by atoms with Crippen molar-refractivity contribution in [3.63, 3.8) is 0 Å². The number of sulfonamides is 1. The first-order chi connectivity index (χ1) is 13.3. The number of hydrogen-bond acceptors (Lipinski definition) is 4. The fourth-order valence-corrected chi connectivity index (χ4v) is 4.78. The Morgan fingerprint density at radius 2 is 1.64 bits per heavy atom. The number of nitrogens with one attached hydrogen (secondary N) is 2. The van der Waals surface area contributed by atoms with Gasteiger partial charge in [0.15, 0.2) is 6.61 Å². The summed E-state index contributed by atoms with van der Waals surface area (Å²) in [5.74, 6) is -0.0604. The number of rotatable bonds is 7. The second-order valence-electron chi connectivity index (χ2n) is 6.51. The number of carbonyl (C=O) groups is 1. The Morgan fingerprint density at radius 3 is 2.25 bits per heavy atom. The highest BCUT2D eigenvalue weighted by Crippen LogP contribution is 2.29.